The van der Waals surface area contributed by atoms with E-state index in [0.29, 0.717) is 21.3 Å². The maximum absolute atomic E-state index is 11.0. The molecule has 19 heavy (non-hydrogen) atoms. The van der Waals surface area contributed by atoms with Crippen LogP contribution in [-0.2, 0) is 10.1 Å². The molecular formula is C10H7Cl2N2NaO3S. The molecule has 2 rings (SSSR count). The molecule has 1 aromatic carbocycles. The minimum absolute atomic E-state index is 0. The van der Waals surface area contributed by atoms with Crippen LogP contribution in [0.15, 0.2) is 35.6 Å². The summed E-state index contributed by atoms with van der Waals surface area (Å²) in [6.45, 7) is 0. The van der Waals surface area contributed by atoms with E-state index in [1.165, 1.54) is 0 Å². The number of nitrogens with zero attached hydrogens (tertiary/aromatic N) is 2. The molecule has 0 fully saturated rings. The first-order chi connectivity index (χ1) is 8.38. The van der Waals surface area contributed by atoms with Crippen molar-refractivity contribution >= 4 is 62.9 Å². The molecule has 0 unspecified atom stereocenters. The molecule has 5 nitrogen and oxygen atoms in total. The van der Waals surface area contributed by atoms with Gasteiger partial charge in [0.25, 0.3) is 0 Å². The molecule has 0 aliphatic heterocycles. The molecule has 0 radical (unpaired) electrons. The predicted molar refractivity (Wildman–Crippen MR) is 74.5 cm³/mol. The zero-order chi connectivity index (χ0) is 13.3. The van der Waals surface area contributed by atoms with Gasteiger partial charge in [-0.1, -0.05) is 29.3 Å². The molecule has 9 heteroatoms. The summed E-state index contributed by atoms with van der Waals surface area (Å²) >= 11 is 11.6. The fourth-order valence-electron chi connectivity index (χ4n) is 1.29. The Morgan fingerprint density at radius 3 is 2.32 bits per heavy atom. The summed E-state index contributed by atoms with van der Waals surface area (Å²) in [6.07, 6.45) is 1.04. The average molecular weight is 329 g/mol. The van der Waals surface area contributed by atoms with Gasteiger partial charge < -0.3 is 0 Å². The third-order valence-corrected chi connectivity index (χ3v) is 3.61. The second-order valence-electron chi connectivity index (χ2n) is 3.35. The van der Waals surface area contributed by atoms with Crippen LogP contribution in [-0.4, -0.2) is 52.5 Å². The Bertz CT molecular complexity index is 710. The Kier molecular flexibility index (Phi) is 5.76. The normalized spacial score (nSPS) is 10.9. The van der Waals surface area contributed by atoms with Crippen molar-refractivity contribution < 1.29 is 13.0 Å². The van der Waals surface area contributed by atoms with Gasteiger partial charge in [-0.25, -0.2) is 9.97 Å². The summed E-state index contributed by atoms with van der Waals surface area (Å²) in [5.74, 6) is 0. The maximum atomic E-state index is 11.0. The third-order valence-electron chi connectivity index (χ3n) is 2.12. The minimum atomic E-state index is -4.36. The predicted octanol–water partition coefficient (Wildman–Crippen LogP) is 2.05. The van der Waals surface area contributed by atoms with Gasteiger partial charge in [-0.3, -0.25) is 4.55 Å². The molecule has 1 N–H and O–H groups in total. The van der Waals surface area contributed by atoms with E-state index in [0.717, 1.165) is 12.4 Å². The molecule has 0 aliphatic carbocycles. The van der Waals surface area contributed by atoms with Gasteiger partial charge in [0.15, 0.2) is 5.03 Å². The molecule has 0 atom stereocenters. The Labute approximate surface area is 142 Å². The van der Waals surface area contributed by atoms with E-state index in [2.05, 4.69) is 9.97 Å². The van der Waals surface area contributed by atoms with E-state index >= 15 is 0 Å². The molecule has 0 spiro atoms. The van der Waals surface area contributed by atoms with Gasteiger partial charge in [-0.05, 0) is 12.1 Å². The summed E-state index contributed by atoms with van der Waals surface area (Å²) in [7, 11) is -4.36. The van der Waals surface area contributed by atoms with Gasteiger partial charge in [0.05, 0.1) is 15.7 Å². The van der Waals surface area contributed by atoms with Crippen LogP contribution < -0.4 is 0 Å². The van der Waals surface area contributed by atoms with Crippen LogP contribution in [0.2, 0.25) is 10.0 Å². The molecule has 1 aromatic heterocycles. The van der Waals surface area contributed by atoms with Crippen molar-refractivity contribution in [2.24, 2.45) is 0 Å². The van der Waals surface area contributed by atoms with Crippen molar-refractivity contribution in [3.8, 4) is 11.3 Å². The van der Waals surface area contributed by atoms with Crippen LogP contribution in [0.3, 0.4) is 0 Å². The average Bonchev–Trinajstić information content (AvgIpc) is 2.32. The number of hydrogen-bond acceptors (Lipinski definition) is 4. The Morgan fingerprint density at radius 2 is 1.74 bits per heavy atom. The standard InChI is InChI=1S/C10H6Cl2N2O3S.Na.H/c11-7-2-1-6(3-8(7)12)9-4-10(14-5-13-9)18(15,16)17;;/h1-5H,(H,15,16,17);;. The third kappa shape index (κ3) is 4.13. The van der Waals surface area contributed by atoms with Gasteiger partial charge >= 0.3 is 39.7 Å². The summed E-state index contributed by atoms with van der Waals surface area (Å²) in [4.78, 5) is 7.37. The Hall–Kier alpha value is -0.210. The fraction of sp³-hybridized carbons (Fsp3) is 0. The van der Waals surface area contributed by atoms with Crippen LogP contribution in [0, 0.1) is 0 Å². The van der Waals surface area contributed by atoms with E-state index in [4.69, 9.17) is 27.8 Å². The second kappa shape index (κ2) is 6.49. The van der Waals surface area contributed by atoms with Gasteiger partial charge in [0.1, 0.15) is 6.33 Å². The number of aromatic nitrogens is 2. The molecule has 0 saturated carbocycles. The van der Waals surface area contributed by atoms with Crippen LogP contribution in [0.1, 0.15) is 0 Å². The molecule has 1 heterocycles. The van der Waals surface area contributed by atoms with Crippen molar-refractivity contribution in [3.05, 3.63) is 40.6 Å². The van der Waals surface area contributed by atoms with Crippen LogP contribution in [0.5, 0.6) is 0 Å². The van der Waals surface area contributed by atoms with E-state index in [1.807, 2.05) is 0 Å². The summed E-state index contributed by atoms with van der Waals surface area (Å²) in [5.41, 5.74) is 0.882. The number of benzene rings is 1. The van der Waals surface area contributed by atoms with Crippen LogP contribution in [0.25, 0.3) is 11.3 Å². The zero-order valence-corrected chi connectivity index (χ0v) is 11.0. The molecule has 2 aromatic rings. The molecule has 0 aliphatic rings. The van der Waals surface area contributed by atoms with Gasteiger partial charge in [0.2, 0.25) is 0 Å². The van der Waals surface area contributed by atoms with E-state index in [1.54, 1.807) is 18.2 Å². The molecule has 0 amide bonds. The SMILES string of the molecule is O=S(=O)(O)c1cc(-c2ccc(Cl)c(Cl)c2)ncn1.[NaH]. The first kappa shape index (κ1) is 16.8. The quantitative estimate of drug-likeness (QED) is 0.518. The molecular weight excluding hydrogens is 322 g/mol. The summed E-state index contributed by atoms with van der Waals surface area (Å²) in [5, 5.41) is 0.226. The van der Waals surface area contributed by atoms with E-state index < -0.39 is 15.1 Å². The van der Waals surface area contributed by atoms with Gasteiger partial charge in [-0.15, -0.1) is 0 Å². The summed E-state index contributed by atoms with van der Waals surface area (Å²) < 4.78 is 30.8. The number of halogens is 2. The van der Waals surface area contributed by atoms with Crippen molar-refractivity contribution in [2.45, 2.75) is 5.03 Å². The zero-order valence-electron chi connectivity index (χ0n) is 8.71. The van der Waals surface area contributed by atoms with Crippen molar-refractivity contribution in [1.29, 1.82) is 0 Å². The van der Waals surface area contributed by atoms with Crippen molar-refractivity contribution in [1.82, 2.24) is 9.97 Å². The first-order valence-corrected chi connectivity index (χ1v) is 6.82. The molecule has 0 bridgehead atoms. The van der Waals surface area contributed by atoms with E-state index in [-0.39, 0.29) is 29.6 Å². The monoisotopic (exact) mass is 328 g/mol. The molecule has 96 valence electrons. The number of hydrogen-bond donors (Lipinski definition) is 1. The van der Waals surface area contributed by atoms with E-state index in [9.17, 15) is 8.42 Å². The second-order valence-corrected chi connectivity index (χ2v) is 5.53. The van der Waals surface area contributed by atoms with Gasteiger partial charge in [-0.2, -0.15) is 8.42 Å². The van der Waals surface area contributed by atoms with Gasteiger partial charge in [0, 0.05) is 11.6 Å². The van der Waals surface area contributed by atoms with Crippen molar-refractivity contribution in [3.63, 3.8) is 0 Å². The first-order valence-electron chi connectivity index (χ1n) is 4.63. The Balaban J connectivity index is 0.00000180. The summed E-state index contributed by atoms with van der Waals surface area (Å²) in [6, 6.07) is 5.88. The van der Waals surface area contributed by atoms with Crippen molar-refractivity contribution in [2.75, 3.05) is 0 Å². The number of rotatable bonds is 2. The van der Waals surface area contributed by atoms with Crippen LogP contribution in [0.4, 0.5) is 0 Å². The fourth-order valence-corrected chi connectivity index (χ4v) is 2.03. The topological polar surface area (TPSA) is 80.2 Å². The Morgan fingerprint density at radius 1 is 1.05 bits per heavy atom. The molecule has 0 saturated heterocycles. The van der Waals surface area contributed by atoms with Crippen LogP contribution >= 0.6 is 23.2 Å².